The maximum absolute atomic E-state index is 12.6. The number of fused-ring (bicyclic) bond motifs is 1. The first kappa shape index (κ1) is 15.4. The number of rotatable bonds is 3. The minimum Gasteiger partial charge on any atom is -0.354 e. The summed E-state index contributed by atoms with van der Waals surface area (Å²) in [6.07, 6.45) is 7.45. The summed E-state index contributed by atoms with van der Waals surface area (Å²) in [4.78, 5) is 21.6. The molecule has 4 nitrogen and oxygen atoms in total. The summed E-state index contributed by atoms with van der Waals surface area (Å²) in [5.74, 6) is 1.68. The van der Waals surface area contributed by atoms with Gasteiger partial charge in [-0.05, 0) is 37.1 Å². The number of anilines is 1. The fraction of sp³-hybridized carbons (Fsp3) is 0.500. The highest BCUT2D eigenvalue weighted by Gasteiger charge is 2.33. The van der Waals surface area contributed by atoms with Gasteiger partial charge in [0.15, 0.2) is 0 Å². The fourth-order valence-corrected chi connectivity index (χ4v) is 3.94. The number of benzene rings is 1. The molecule has 2 aliphatic rings. The van der Waals surface area contributed by atoms with Crippen LogP contribution in [0.25, 0.3) is 10.8 Å². The van der Waals surface area contributed by atoms with Gasteiger partial charge in [0.2, 0.25) is 5.91 Å². The van der Waals surface area contributed by atoms with E-state index in [1.807, 2.05) is 18.1 Å². The topological polar surface area (TPSA) is 36.4 Å². The van der Waals surface area contributed by atoms with Crippen LogP contribution in [0.4, 0.5) is 5.82 Å². The summed E-state index contributed by atoms with van der Waals surface area (Å²) in [6.45, 7) is 1.90. The Morgan fingerprint density at radius 3 is 2.79 bits per heavy atom. The zero-order valence-electron chi connectivity index (χ0n) is 14.3. The number of aromatic nitrogens is 1. The highest BCUT2D eigenvalue weighted by Crippen LogP contribution is 2.31. The molecule has 1 atom stereocenters. The highest BCUT2D eigenvalue weighted by atomic mass is 16.2. The summed E-state index contributed by atoms with van der Waals surface area (Å²) < 4.78 is 0. The second-order valence-corrected chi connectivity index (χ2v) is 7.17. The van der Waals surface area contributed by atoms with Crippen LogP contribution in [0.5, 0.6) is 0 Å². The van der Waals surface area contributed by atoms with E-state index in [-0.39, 0.29) is 5.92 Å². The zero-order chi connectivity index (χ0) is 16.5. The molecule has 1 aromatic heterocycles. The molecule has 1 amide bonds. The quantitative estimate of drug-likeness (QED) is 0.868. The second kappa shape index (κ2) is 6.42. The van der Waals surface area contributed by atoms with Gasteiger partial charge >= 0.3 is 0 Å². The molecule has 0 radical (unpaired) electrons. The lowest BCUT2D eigenvalue weighted by Gasteiger charge is -2.40. The average molecular weight is 323 g/mol. The molecule has 2 heterocycles. The molecule has 1 aliphatic carbocycles. The molecule has 126 valence electrons. The minimum absolute atomic E-state index is 0.279. The summed E-state index contributed by atoms with van der Waals surface area (Å²) in [5, 5.41) is 2.43. The first-order valence-corrected chi connectivity index (χ1v) is 9.09. The number of hydrogen-bond donors (Lipinski definition) is 0. The maximum Gasteiger partial charge on any atom is 0.225 e. The first-order valence-electron chi connectivity index (χ1n) is 9.09. The Bertz CT molecular complexity index is 735. The fourth-order valence-electron chi connectivity index (χ4n) is 3.94. The van der Waals surface area contributed by atoms with E-state index in [9.17, 15) is 4.79 Å². The van der Waals surface area contributed by atoms with E-state index in [1.165, 1.54) is 17.2 Å². The van der Waals surface area contributed by atoms with Crippen LogP contribution in [-0.4, -0.2) is 42.0 Å². The smallest absolute Gasteiger partial charge is 0.225 e. The van der Waals surface area contributed by atoms with Crippen molar-refractivity contribution >= 4 is 22.5 Å². The molecular formula is C20H25N3O. The normalized spacial score (nSPS) is 21.5. The van der Waals surface area contributed by atoms with Crippen molar-refractivity contribution in [3.8, 4) is 0 Å². The molecule has 0 N–H and O–H groups in total. The van der Waals surface area contributed by atoms with Gasteiger partial charge < -0.3 is 9.80 Å². The Labute approximate surface area is 143 Å². The summed E-state index contributed by atoms with van der Waals surface area (Å²) >= 11 is 0. The molecule has 2 aromatic rings. The Balaban J connectivity index is 1.55. The van der Waals surface area contributed by atoms with Gasteiger partial charge in [0.1, 0.15) is 5.82 Å². The van der Waals surface area contributed by atoms with Gasteiger partial charge in [0, 0.05) is 43.7 Å². The first-order chi connectivity index (χ1) is 11.7. The summed E-state index contributed by atoms with van der Waals surface area (Å²) in [7, 11) is 1.99. The standard InChI is InChI=1S/C20H25N3O/c1-22(20(24)16-7-4-8-16)17-9-5-13-23(14-17)19-18-10-3-2-6-15(18)11-12-21-19/h2-3,6,10-12,16-17H,4-5,7-9,13-14H2,1H3. The Morgan fingerprint density at radius 1 is 1.17 bits per heavy atom. The number of amides is 1. The van der Waals surface area contributed by atoms with E-state index in [0.29, 0.717) is 11.9 Å². The number of likely N-dealkylation sites (N-methyl/N-ethyl adjacent to an activating group) is 1. The highest BCUT2D eigenvalue weighted by molar-refractivity contribution is 5.92. The van der Waals surface area contributed by atoms with Crippen molar-refractivity contribution in [1.29, 1.82) is 0 Å². The van der Waals surface area contributed by atoms with E-state index < -0.39 is 0 Å². The van der Waals surface area contributed by atoms with Gasteiger partial charge in [-0.1, -0.05) is 30.7 Å². The van der Waals surface area contributed by atoms with Crippen LogP contribution in [0.15, 0.2) is 36.5 Å². The maximum atomic E-state index is 12.6. The molecule has 1 aliphatic heterocycles. The number of carbonyl (C=O) groups excluding carboxylic acids is 1. The monoisotopic (exact) mass is 323 g/mol. The van der Waals surface area contributed by atoms with E-state index >= 15 is 0 Å². The van der Waals surface area contributed by atoms with Gasteiger partial charge in [0.25, 0.3) is 0 Å². The molecule has 1 unspecified atom stereocenters. The largest absolute Gasteiger partial charge is 0.354 e. The molecule has 1 aromatic carbocycles. The third-order valence-corrected chi connectivity index (χ3v) is 5.70. The lowest BCUT2D eigenvalue weighted by atomic mass is 9.84. The van der Waals surface area contributed by atoms with Crippen LogP contribution in [-0.2, 0) is 4.79 Å². The summed E-state index contributed by atoms with van der Waals surface area (Å²) in [5.41, 5.74) is 0. The van der Waals surface area contributed by atoms with Crippen LogP contribution < -0.4 is 4.90 Å². The van der Waals surface area contributed by atoms with Crippen LogP contribution in [0.1, 0.15) is 32.1 Å². The third kappa shape index (κ3) is 2.74. The Morgan fingerprint density at radius 2 is 2.00 bits per heavy atom. The predicted molar refractivity (Wildman–Crippen MR) is 97.1 cm³/mol. The Kier molecular flexibility index (Phi) is 4.13. The number of nitrogens with zero attached hydrogens (tertiary/aromatic N) is 3. The number of carbonyl (C=O) groups is 1. The lowest BCUT2D eigenvalue weighted by Crippen LogP contribution is -2.51. The predicted octanol–water partition coefficient (Wildman–Crippen LogP) is 3.46. The minimum atomic E-state index is 0.279. The van der Waals surface area contributed by atoms with Crippen molar-refractivity contribution in [3.05, 3.63) is 36.5 Å². The zero-order valence-corrected chi connectivity index (χ0v) is 14.3. The van der Waals surface area contributed by atoms with Crippen LogP contribution >= 0.6 is 0 Å². The van der Waals surface area contributed by atoms with Gasteiger partial charge in [-0.2, -0.15) is 0 Å². The van der Waals surface area contributed by atoms with Crippen molar-refractivity contribution in [2.45, 2.75) is 38.1 Å². The van der Waals surface area contributed by atoms with E-state index in [4.69, 9.17) is 0 Å². The summed E-state index contributed by atoms with van der Waals surface area (Å²) in [6, 6.07) is 10.8. The molecule has 2 fully saturated rings. The molecule has 1 saturated heterocycles. The van der Waals surface area contributed by atoms with Crippen molar-refractivity contribution in [2.75, 3.05) is 25.0 Å². The van der Waals surface area contributed by atoms with Crippen molar-refractivity contribution in [2.24, 2.45) is 5.92 Å². The van der Waals surface area contributed by atoms with Crippen molar-refractivity contribution in [3.63, 3.8) is 0 Å². The molecule has 0 bridgehead atoms. The van der Waals surface area contributed by atoms with Crippen LogP contribution in [0.3, 0.4) is 0 Å². The molecule has 4 heteroatoms. The van der Waals surface area contributed by atoms with Crippen LogP contribution in [0, 0.1) is 5.92 Å². The molecular weight excluding hydrogens is 298 g/mol. The van der Waals surface area contributed by atoms with Gasteiger partial charge in [-0.15, -0.1) is 0 Å². The van der Waals surface area contributed by atoms with Gasteiger partial charge in [-0.3, -0.25) is 4.79 Å². The number of piperidine rings is 1. The van der Waals surface area contributed by atoms with E-state index in [2.05, 4.69) is 40.2 Å². The second-order valence-electron chi connectivity index (χ2n) is 7.17. The van der Waals surface area contributed by atoms with E-state index in [1.54, 1.807) is 0 Å². The van der Waals surface area contributed by atoms with Crippen molar-refractivity contribution in [1.82, 2.24) is 9.88 Å². The number of pyridine rings is 1. The molecule has 4 rings (SSSR count). The van der Waals surface area contributed by atoms with E-state index in [0.717, 1.165) is 44.6 Å². The number of hydrogen-bond acceptors (Lipinski definition) is 3. The molecule has 1 saturated carbocycles. The van der Waals surface area contributed by atoms with Crippen LogP contribution in [0.2, 0.25) is 0 Å². The Hall–Kier alpha value is -2.10. The van der Waals surface area contributed by atoms with Gasteiger partial charge in [-0.25, -0.2) is 4.98 Å². The lowest BCUT2D eigenvalue weighted by molar-refractivity contribution is -0.139. The SMILES string of the molecule is CN(C(=O)C1CCC1)C1CCCN(c2nccc3ccccc23)C1. The third-order valence-electron chi connectivity index (χ3n) is 5.70. The van der Waals surface area contributed by atoms with Gasteiger partial charge in [0.05, 0.1) is 0 Å². The average Bonchev–Trinajstić information content (AvgIpc) is 2.59. The van der Waals surface area contributed by atoms with Crippen molar-refractivity contribution < 1.29 is 4.79 Å². The molecule has 24 heavy (non-hydrogen) atoms. The molecule has 0 spiro atoms.